The SMILES string of the molecule is CCCOc1ccc(NC(=O)C(C)(CC(C)C)OCC)cc1C(=O)OC. The average molecular weight is 365 g/mol. The van der Waals surface area contributed by atoms with Crippen LogP contribution in [0.15, 0.2) is 18.2 Å². The molecule has 1 rings (SSSR count). The van der Waals surface area contributed by atoms with Crippen LogP contribution < -0.4 is 10.1 Å². The van der Waals surface area contributed by atoms with E-state index in [1.54, 1.807) is 25.1 Å². The van der Waals surface area contributed by atoms with Gasteiger partial charge in [0.15, 0.2) is 0 Å². The van der Waals surface area contributed by atoms with Crippen LogP contribution in [-0.4, -0.2) is 37.8 Å². The number of esters is 1. The average Bonchev–Trinajstić information content (AvgIpc) is 2.59. The van der Waals surface area contributed by atoms with Gasteiger partial charge in [-0.2, -0.15) is 0 Å². The molecule has 146 valence electrons. The third-order valence-electron chi connectivity index (χ3n) is 3.85. The molecule has 6 heteroatoms. The van der Waals surface area contributed by atoms with E-state index >= 15 is 0 Å². The standard InChI is InChI=1S/C20H31NO5/c1-7-11-25-17-10-9-15(12-16(17)18(22)24-6)21-19(23)20(5,26-8-2)13-14(3)4/h9-10,12,14H,7-8,11,13H2,1-6H3,(H,21,23). The van der Waals surface area contributed by atoms with E-state index in [0.29, 0.717) is 37.0 Å². The second kappa shape index (κ2) is 10.2. The number of hydrogen-bond donors (Lipinski definition) is 1. The van der Waals surface area contributed by atoms with Crippen molar-refractivity contribution in [3.63, 3.8) is 0 Å². The summed E-state index contributed by atoms with van der Waals surface area (Å²) in [6.07, 6.45) is 1.41. The zero-order valence-electron chi connectivity index (χ0n) is 16.7. The van der Waals surface area contributed by atoms with Crippen molar-refractivity contribution in [2.75, 3.05) is 25.6 Å². The Morgan fingerprint density at radius 2 is 1.92 bits per heavy atom. The Hall–Kier alpha value is -2.08. The maximum Gasteiger partial charge on any atom is 0.341 e. The second-order valence-electron chi connectivity index (χ2n) is 6.77. The first-order chi connectivity index (χ1) is 12.3. The monoisotopic (exact) mass is 365 g/mol. The minimum absolute atomic E-state index is 0.244. The van der Waals surface area contributed by atoms with Crippen LogP contribution in [0, 0.1) is 5.92 Å². The lowest BCUT2D eigenvalue weighted by atomic mass is 9.93. The Balaban J connectivity index is 3.07. The van der Waals surface area contributed by atoms with Gasteiger partial charge in [0, 0.05) is 12.3 Å². The Morgan fingerprint density at radius 3 is 2.46 bits per heavy atom. The molecule has 1 aromatic carbocycles. The number of amides is 1. The number of nitrogens with one attached hydrogen (secondary N) is 1. The van der Waals surface area contributed by atoms with Crippen LogP contribution in [0.1, 0.15) is 57.8 Å². The number of carbonyl (C=O) groups excluding carboxylic acids is 2. The molecule has 1 aromatic rings. The van der Waals surface area contributed by atoms with Crippen molar-refractivity contribution in [1.82, 2.24) is 0 Å². The zero-order chi connectivity index (χ0) is 19.7. The van der Waals surface area contributed by atoms with Crippen molar-refractivity contribution in [1.29, 1.82) is 0 Å². The van der Waals surface area contributed by atoms with E-state index in [9.17, 15) is 9.59 Å². The molecule has 0 aromatic heterocycles. The van der Waals surface area contributed by atoms with E-state index in [1.807, 2.05) is 27.7 Å². The summed E-state index contributed by atoms with van der Waals surface area (Å²) < 4.78 is 16.1. The van der Waals surface area contributed by atoms with Crippen LogP contribution in [0.3, 0.4) is 0 Å². The fourth-order valence-corrected chi connectivity index (χ4v) is 2.79. The summed E-state index contributed by atoms with van der Waals surface area (Å²) in [5, 5.41) is 2.85. The summed E-state index contributed by atoms with van der Waals surface area (Å²) in [5.41, 5.74) is -0.166. The molecule has 6 nitrogen and oxygen atoms in total. The van der Waals surface area contributed by atoms with E-state index in [-0.39, 0.29) is 11.5 Å². The Labute approximate surface area is 156 Å². The highest BCUT2D eigenvalue weighted by atomic mass is 16.5. The van der Waals surface area contributed by atoms with Gasteiger partial charge < -0.3 is 19.5 Å². The molecule has 1 amide bonds. The van der Waals surface area contributed by atoms with E-state index in [1.165, 1.54) is 7.11 Å². The van der Waals surface area contributed by atoms with Gasteiger partial charge in [0.2, 0.25) is 0 Å². The third kappa shape index (κ3) is 6.02. The minimum atomic E-state index is -0.939. The topological polar surface area (TPSA) is 73.9 Å². The number of methoxy groups -OCH3 is 1. The molecule has 0 bridgehead atoms. The molecular weight excluding hydrogens is 334 g/mol. The van der Waals surface area contributed by atoms with Crippen LogP contribution in [0.25, 0.3) is 0 Å². The van der Waals surface area contributed by atoms with Crippen LogP contribution in [0.5, 0.6) is 5.75 Å². The number of anilines is 1. The van der Waals surface area contributed by atoms with Gasteiger partial charge >= 0.3 is 5.97 Å². The highest BCUT2D eigenvalue weighted by Crippen LogP contribution is 2.27. The van der Waals surface area contributed by atoms with Crippen LogP contribution in [-0.2, 0) is 14.3 Å². The van der Waals surface area contributed by atoms with Gasteiger partial charge in [-0.15, -0.1) is 0 Å². The van der Waals surface area contributed by atoms with Gasteiger partial charge in [0.05, 0.1) is 13.7 Å². The maximum atomic E-state index is 12.8. The molecule has 26 heavy (non-hydrogen) atoms. The van der Waals surface area contributed by atoms with Gasteiger partial charge in [0.1, 0.15) is 16.9 Å². The molecule has 0 fully saturated rings. The molecule has 0 saturated carbocycles. The van der Waals surface area contributed by atoms with Crippen LogP contribution >= 0.6 is 0 Å². The molecule has 1 unspecified atom stereocenters. The van der Waals surface area contributed by atoms with Gasteiger partial charge in [-0.1, -0.05) is 20.8 Å². The van der Waals surface area contributed by atoms with E-state index < -0.39 is 11.6 Å². The van der Waals surface area contributed by atoms with Gasteiger partial charge in [-0.3, -0.25) is 4.79 Å². The Bertz CT molecular complexity index is 614. The first-order valence-electron chi connectivity index (χ1n) is 9.07. The highest BCUT2D eigenvalue weighted by molar-refractivity contribution is 5.99. The molecule has 0 spiro atoms. The van der Waals surface area contributed by atoms with Crippen molar-refractivity contribution >= 4 is 17.6 Å². The number of rotatable bonds is 10. The summed E-state index contributed by atoms with van der Waals surface area (Å²) in [6.45, 7) is 10.6. The van der Waals surface area contributed by atoms with E-state index in [4.69, 9.17) is 14.2 Å². The molecule has 0 radical (unpaired) electrons. The first-order valence-corrected chi connectivity index (χ1v) is 9.07. The maximum absolute atomic E-state index is 12.8. The zero-order valence-corrected chi connectivity index (χ0v) is 16.7. The summed E-state index contributed by atoms with van der Waals surface area (Å²) in [4.78, 5) is 24.8. The smallest absolute Gasteiger partial charge is 0.341 e. The van der Waals surface area contributed by atoms with Gasteiger partial charge in [-0.05, 0) is 50.8 Å². The van der Waals surface area contributed by atoms with Crippen LogP contribution in [0.4, 0.5) is 5.69 Å². The molecule has 0 aliphatic heterocycles. The lowest BCUT2D eigenvalue weighted by Crippen LogP contribution is -2.44. The number of ether oxygens (including phenoxy) is 3. The summed E-state index contributed by atoms with van der Waals surface area (Å²) >= 11 is 0. The number of benzene rings is 1. The molecule has 0 aliphatic rings. The molecule has 0 aliphatic carbocycles. The molecule has 0 heterocycles. The fourth-order valence-electron chi connectivity index (χ4n) is 2.79. The predicted molar refractivity (Wildman–Crippen MR) is 102 cm³/mol. The van der Waals surface area contributed by atoms with Crippen molar-refractivity contribution in [3.8, 4) is 5.75 Å². The van der Waals surface area contributed by atoms with Crippen molar-refractivity contribution < 1.29 is 23.8 Å². The molecular formula is C20H31NO5. The third-order valence-corrected chi connectivity index (χ3v) is 3.85. The Kier molecular flexibility index (Phi) is 8.58. The lowest BCUT2D eigenvalue weighted by Gasteiger charge is -2.30. The fraction of sp³-hybridized carbons (Fsp3) is 0.600. The largest absolute Gasteiger partial charge is 0.493 e. The lowest BCUT2D eigenvalue weighted by molar-refractivity contribution is -0.140. The van der Waals surface area contributed by atoms with E-state index in [0.717, 1.165) is 6.42 Å². The summed E-state index contributed by atoms with van der Waals surface area (Å²) in [7, 11) is 1.31. The molecule has 1 atom stereocenters. The predicted octanol–water partition coefficient (Wildman–Crippen LogP) is 4.04. The summed E-state index contributed by atoms with van der Waals surface area (Å²) in [5.74, 6) is -0.0211. The quantitative estimate of drug-likeness (QED) is 0.633. The van der Waals surface area contributed by atoms with Gasteiger partial charge in [0.25, 0.3) is 5.91 Å². The van der Waals surface area contributed by atoms with Crippen LogP contribution in [0.2, 0.25) is 0 Å². The van der Waals surface area contributed by atoms with Crippen molar-refractivity contribution in [2.24, 2.45) is 5.92 Å². The molecule has 0 saturated heterocycles. The highest BCUT2D eigenvalue weighted by Gasteiger charge is 2.34. The number of carbonyl (C=O) groups is 2. The second-order valence-corrected chi connectivity index (χ2v) is 6.77. The normalized spacial score (nSPS) is 13.2. The van der Waals surface area contributed by atoms with E-state index in [2.05, 4.69) is 5.32 Å². The Morgan fingerprint density at radius 1 is 1.23 bits per heavy atom. The minimum Gasteiger partial charge on any atom is -0.493 e. The van der Waals surface area contributed by atoms with Gasteiger partial charge in [-0.25, -0.2) is 4.79 Å². The first kappa shape index (κ1) is 22.0. The van der Waals surface area contributed by atoms with Crippen molar-refractivity contribution in [2.45, 2.75) is 53.1 Å². The number of hydrogen-bond acceptors (Lipinski definition) is 5. The van der Waals surface area contributed by atoms with Crippen molar-refractivity contribution in [3.05, 3.63) is 23.8 Å². The molecule has 1 N–H and O–H groups in total. The summed E-state index contributed by atoms with van der Waals surface area (Å²) in [6, 6.07) is 4.94.